The van der Waals surface area contributed by atoms with Crippen LogP contribution in [-0.2, 0) is 19.1 Å². The second-order valence-corrected chi connectivity index (χ2v) is 7.27. The third-order valence-corrected chi connectivity index (χ3v) is 5.24. The van der Waals surface area contributed by atoms with E-state index in [9.17, 15) is 14.7 Å². The maximum absolute atomic E-state index is 12.9. The van der Waals surface area contributed by atoms with Crippen molar-refractivity contribution >= 4 is 11.9 Å². The molecule has 1 fully saturated rings. The molecule has 0 amide bonds. The summed E-state index contributed by atoms with van der Waals surface area (Å²) in [4.78, 5) is 25.1. The van der Waals surface area contributed by atoms with Crippen LogP contribution in [0.4, 0.5) is 0 Å². The molecule has 1 saturated heterocycles. The number of allylic oxidation sites excluding steroid dienone is 3. The zero-order valence-electron chi connectivity index (χ0n) is 27.7. The van der Waals surface area contributed by atoms with Crippen LogP contribution in [0.5, 0.6) is 0 Å². The Labute approximate surface area is 185 Å². The molecule has 8 atom stereocenters. The van der Waals surface area contributed by atoms with Crippen molar-refractivity contribution in [3.05, 3.63) is 23.8 Å². The van der Waals surface area contributed by atoms with Crippen LogP contribution in [0.25, 0.3) is 0 Å². The third kappa shape index (κ3) is 4.86. The molecule has 0 saturated carbocycles. The van der Waals surface area contributed by atoms with Gasteiger partial charge in [0.15, 0.2) is 0 Å². The summed E-state index contributed by atoms with van der Waals surface area (Å²) in [7, 11) is 0. The molecule has 0 aromatic heterocycles. The number of hydrogen-bond donors (Lipinski definition) is 1. The van der Waals surface area contributed by atoms with Gasteiger partial charge in [-0.15, -0.1) is 0 Å². The quantitative estimate of drug-likeness (QED) is 0.527. The number of cyclic esters (lactones) is 1. The molecule has 1 unspecified atom stereocenters. The Morgan fingerprint density at radius 1 is 1.61 bits per heavy atom. The Kier molecular flexibility index (Phi) is 3.44. The van der Waals surface area contributed by atoms with E-state index in [4.69, 9.17) is 25.9 Å². The van der Waals surface area contributed by atoms with Crippen LogP contribution >= 0.6 is 0 Å². The van der Waals surface area contributed by atoms with E-state index in [1.165, 1.54) is 19.1 Å². The molecule has 1 N–H and O–H groups in total. The first-order valence-electron chi connectivity index (χ1n) is 15.5. The Bertz CT molecular complexity index is 1050. The summed E-state index contributed by atoms with van der Waals surface area (Å²) < 4.78 is 107. The lowest BCUT2D eigenvalue weighted by Crippen LogP contribution is -2.40. The Morgan fingerprint density at radius 2 is 2.46 bits per heavy atom. The van der Waals surface area contributed by atoms with E-state index in [1.54, 1.807) is 6.08 Å². The zero-order valence-corrected chi connectivity index (χ0v) is 15.7. The van der Waals surface area contributed by atoms with Crippen LogP contribution in [0.2, 0.25) is 0 Å². The van der Waals surface area contributed by atoms with Gasteiger partial charge in [-0.25, -0.2) is 0 Å². The van der Waals surface area contributed by atoms with Crippen molar-refractivity contribution in [3.63, 3.8) is 0 Å². The van der Waals surface area contributed by atoms with Gasteiger partial charge in [-0.1, -0.05) is 38.9 Å². The number of hydrogen-bond acceptors (Lipinski definition) is 5. The van der Waals surface area contributed by atoms with Crippen molar-refractivity contribution in [2.24, 2.45) is 23.7 Å². The van der Waals surface area contributed by atoms with Crippen molar-refractivity contribution in [1.82, 2.24) is 0 Å². The average Bonchev–Trinajstić information content (AvgIpc) is 2.78. The highest BCUT2D eigenvalue weighted by molar-refractivity contribution is 5.72. The molecule has 3 aliphatic rings. The molecule has 0 radical (unpaired) electrons. The third-order valence-electron chi connectivity index (χ3n) is 5.24. The number of ether oxygens (including phenoxy) is 2. The predicted molar refractivity (Wildman–Crippen MR) is 106 cm³/mol. The smallest absolute Gasteiger partial charge is 0.308 e. The van der Waals surface area contributed by atoms with Gasteiger partial charge in [-0.05, 0) is 49.5 Å². The fourth-order valence-corrected chi connectivity index (χ4v) is 3.67. The predicted octanol–water partition coefficient (Wildman–Crippen LogP) is 3.95. The molecule has 0 aromatic rings. The molecule has 0 bridgehead atoms. The minimum absolute atomic E-state index is 0.0493. The van der Waals surface area contributed by atoms with Gasteiger partial charge in [0.25, 0.3) is 0 Å². The fraction of sp³-hybridized carbons (Fsp3) is 0.739. The first-order chi connectivity index (χ1) is 18.0. The van der Waals surface area contributed by atoms with Crippen LogP contribution in [0.1, 0.15) is 81.9 Å². The van der Waals surface area contributed by atoms with Gasteiger partial charge in [0.05, 0.1) is 19.8 Å². The molecule has 0 aromatic carbocycles. The standard InChI is InChI=1S/C23H34O5/c1-4-14(2)23(26)28-20-7-5-6-16-9-8-15(3)19(22(16)20)11-10-18-12-17(24)13-21(25)27-18/h6,8-9,14-15,17-20,22,24H,4-5,7,10-13H2,1-3H3/t14-,15-,17+,18+,19-,20-,22-/m0/s1/i1D3,3D3,4+1,6+1,7+1,9+1,10D,11+1,12D2,13D2,15+1,17+1,18+1,20D,21+1,22+1,23+1/t10?,14-,15-,17+,18+,19-,20-,22-. The minimum atomic E-state index is -3.07. The van der Waals surface area contributed by atoms with E-state index in [0.29, 0.717) is 12.0 Å². The lowest BCUT2D eigenvalue weighted by atomic mass is 10.1. The van der Waals surface area contributed by atoms with Gasteiger partial charge >= 0.3 is 11.9 Å². The number of rotatable bonds is 6. The summed E-state index contributed by atoms with van der Waals surface area (Å²) >= 11 is 0. The van der Waals surface area contributed by atoms with Crippen molar-refractivity contribution < 1.29 is 40.6 Å². The summed E-state index contributed by atoms with van der Waals surface area (Å²) in [6, 6.07) is 0. The SMILES string of the molecule is [2H]C([13CH2][C@H]1[13C@@H](C([2H])([2H])[2H])C=[13CH]C2=[13CH]C[13CH2][C@]([2H])(O[13C](=O)[C@@H](C)[13CH2]C([2H])([2H])[2H])[13C@@H]21)[13C@H]1O[13C](=O)C([2H])([2H])[13C@H](O)C1([2H])[2H]. The maximum atomic E-state index is 12.9. The maximum Gasteiger partial charge on any atom is 0.308 e. The van der Waals surface area contributed by atoms with Gasteiger partial charge in [-0.3, -0.25) is 9.59 Å². The largest absolute Gasteiger partial charge is 0.462 e. The van der Waals surface area contributed by atoms with Gasteiger partial charge in [0.2, 0.25) is 0 Å². The van der Waals surface area contributed by atoms with Crippen LogP contribution < -0.4 is 0 Å². The summed E-state index contributed by atoms with van der Waals surface area (Å²) in [5.74, 6) is -7.09. The van der Waals surface area contributed by atoms with Crippen LogP contribution in [0, 0.1) is 23.7 Å². The van der Waals surface area contributed by atoms with Gasteiger partial charge in [0.1, 0.15) is 12.2 Å². The number of carbonyl (C=O) groups excluding carboxylic acids is 2. The molecule has 5 nitrogen and oxygen atoms in total. The van der Waals surface area contributed by atoms with E-state index >= 15 is 0 Å². The number of carbonyl (C=O) groups is 2. The molecule has 3 rings (SSSR count). The molecule has 156 valence electrons. The number of fused-ring (bicyclic) bond motifs is 1. The molecule has 0 spiro atoms. The van der Waals surface area contributed by atoms with Crippen LogP contribution in [0.3, 0.4) is 0 Å². The summed E-state index contributed by atoms with van der Waals surface area (Å²) in [6.45, 7) is -3.73. The molecule has 28 heavy (non-hydrogen) atoms. The van der Waals surface area contributed by atoms with Gasteiger partial charge in [0, 0.05) is 27.4 Å². The minimum Gasteiger partial charge on any atom is -0.462 e. The summed E-state index contributed by atoms with van der Waals surface area (Å²) in [5, 5.41) is 10.3. The Morgan fingerprint density at radius 3 is 3.25 bits per heavy atom. The summed E-state index contributed by atoms with van der Waals surface area (Å²) in [6.07, 6.45) is -10.2. The number of aliphatic hydroxyl groups excluding tert-OH is 1. The van der Waals surface area contributed by atoms with Crippen LogP contribution in [0.15, 0.2) is 23.8 Å². The monoisotopic (exact) mass is 413 g/mol. The molecule has 1 aliphatic heterocycles. The zero-order chi connectivity index (χ0) is 30.6. The highest BCUT2D eigenvalue weighted by atomic mass is 16.7. The fourth-order valence-electron chi connectivity index (χ4n) is 3.67. The molecule has 1 heterocycles. The van der Waals surface area contributed by atoms with Gasteiger partial charge in [-0.2, -0.15) is 0 Å². The van der Waals surface area contributed by atoms with Crippen molar-refractivity contribution in [3.8, 4) is 0 Å². The lowest BCUT2D eigenvalue weighted by molar-refractivity contribution is -0.162. The van der Waals surface area contributed by atoms with Crippen molar-refractivity contribution in [2.75, 3.05) is 0 Å². The van der Waals surface area contributed by atoms with Crippen LogP contribution in [-0.4, -0.2) is 35.3 Å². The van der Waals surface area contributed by atoms with Crippen molar-refractivity contribution in [2.45, 2.75) is 83.7 Å². The normalized spacial score (nSPS) is 50.7. The Balaban J connectivity index is 1.98. The second-order valence-electron chi connectivity index (χ2n) is 7.27. The molecule has 2 aliphatic carbocycles. The highest BCUT2D eigenvalue weighted by Gasteiger charge is 2.40. The first kappa shape index (κ1) is 10.4. The topological polar surface area (TPSA) is 72.8 Å². The molecular formula is C23H34O5. The number of aliphatic hydroxyl groups is 1. The number of esters is 2. The highest BCUT2D eigenvalue weighted by Crippen LogP contribution is 2.44. The van der Waals surface area contributed by atoms with E-state index in [0.717, 1.165) is 0 Å². The Hall–Kier alpha value is -1.62. The van der Waals surface area contributed by atoms with E-state index in [1.807, 2.05) is 0 Å². The van der Waals surface area contributed by atoms with Crippen molar-refractivity contribution in [1.29, 1.82) is 0 Å². The average molecular weight is 414 g/mol. The molecule has 5 heteroatoms. The first-order valence-corrected chi connectivity index (χ1v) is 9.45. The van der Waals surface area contributed by atoms with E-state index < -0.39 is 99.6 Å². The second kappa shape index (κ2) is 9.25. The summed E-state index contributed by atoms with van der Waals surface area (Å²) in [5.41, 5.74) is 0.468. The van der Waals surface area contributed by atoms with E-state index in [2.05, 4.69) is 0 Å². The van der Waals surface area contributed by atoms with Gasteiger partial charge < -0.3 is 14.6 Å². The molecular weight excluding hydrogens is 367 g/mol. The van der Waals surface area contributed by atoms with E-state index in [-0.39, 0.29) is 6.42 Å². The lowest BCUT2D eigenvalue weighted by Gasteiger charge is -2.42.